The van der Waals surface area contributed by atoms with E-state index in [1.165, 1.54) is 38.4 Å². The summed E-state index contributed by atoms with van der Waals surface area (Å²) in [6.45, 7) is 2.14. The van der Waals surface area contributed by atoms with Crippen LogP contribution in [0.2, 0.25) is 6.55 Å². The molecule has 0 fully saturated rings. The van der Waals surface area contributed by atoms with Gasteiger partial charge in [-0.25, -0.2) is 9.59 Å². The molecular formula is C7H20N2O4Si. The first-order valence-electron chi connectivity index (χ1n) is 4.09. The van der Waals surface area contributed by atoms with E-state index in [0.29, 0.717) is 0 Å². The summed E-state index contributed by atoms with van der Waals surface area (Å²) < 4.78 is 0. The Balaban J connectivity index is -0.000000147. The minimum absolute atomic E-state index is 0.907. The van der Waals surface area contributed by atoms with Crippen LogP contribution in [-0.2, 0) is 0 Å². The van der Waals surface area contributed by atoms with Crippen molar-refractivity contribution in [3.8, 4) is 0 Å². The Hall–Kier alpha value is -1.24. The lowest BCUT2D eigenvalue weighted by molar-refractivity contribution is 0.164. The SMILES string of the molecule is CN(C)C(=O)O.CN(C)C(=O)O.C[SiH3]. The normalized spacial score (nSPS) is 7.21. The fraction of sp³-hybridized carbons (Fsp3) is 0.714. The summed E-state index contributed by atoms with van der Waals surface area (Å²) in [7, 11) is 7.20. The molecule has 0 aliphatic heterocycles. The number of carboxylic acid groups (broad SMARTS) is 2. The molecule has 86 valence electrons. The highest BCUT2D eigenvalue weighted by molar-refractivity contribution is 6.05. The Morgan fingerprint density at radius 3 is 0.929 bits per heavy atom. The van der Waals surface area contributed by atoms with Gasteiger partial charge in [-0.2, -0.15) is 0 Å². The largest absolute Gasteiger partial charge is 0.465 e. The predicted octanol–water partition coefficient (Wildman–Crippen LogP) is -0.148. The molecule has 0 heterocycles. The highest BCUT2D eigenvalue weighted by Crippen LogP contribution is 1.70. The van der Waals surface area contributed by atoms with Gasteiger partial charge >= 0.3 is 12.2 Å². The molecule has 0 rings (SSSR count). The van der Waals surface area contributed by atoms with Gasteiger partial charge in [0.2, 0.25) is 0 Å². The van der Waals surface area contributed by atoms with Crippen LogP contribution in [0.15, 0.2) is 0 Å². The summed E-state index contributed by atoms with van der Waals surface area (Å²) in [4.78, 5) is 21.4. The van der Waals surface area contributed by atoms with Crippen molar-refractivity contribution in [1.82, 2.24) is 9.80 Å². The number of nitrogens with zero attached hydrogens (tertiary/aromatic N) is 2. The second-order valence-corrected chi connectivity index (χ2v) is 2.35. The third-order valence-corrected chi connectivity index (χ3v) is 0.765. The molecule has 14 heavy (non-hydrogen) atoms. The van der Waals surface area contributed by atoms with Crippen LogP contribution >= 0.6 is 0 Å². The summed E-state index contributed by atoms with van der Waals surface area (Å²) in [5, 5.41) is 15.8. The lowest BCUT2D eigenvalue weighted by Gasteiger charge is -1.99. The Labute approximate surface area is 87.5 Å². The molecule has 0 unspecified atom stereocenters. The zero-order valence-corrected chi connectivity index (χ0v) is 11.6. The molecule has 2 amide bonds. The van der Waals surface area contributed by atoms with Crippen molar-refractivity contribution in [1.29, 1.82) is 0 Å². The van der Waals surface area contributed by atoms with Crippen molar-refractivity contribution in [2.45, 2.75) is 6.55 Å². The minimum atomic E-state index is -0.907. The average molecular weight is 224 g/mol. The summed E-state index contributed by atoms with van der Waals surface area (Å²) in [6, 6.07) is 0. The third kappa shape index (κ3) is 22.4. The molecule has 0 aliphatic carbocycles. The molecule has 0 saturated heterocycles. The molecule has 0 spiro atoms. The van der Waals surface area contributed by atoms with E-state index in [-0.39, 0.29) is 0 Å². The molecule has 0 bridgehead atoms. The maximum Gasteiger partial charge on any atom is 0.406 e. The van der Waals surface area contributed by atoms with Crippen molar-refractivity contribution in [3.63, 3.8) is 0 Å². The van der Waals surface area contributed by atoms with E-state index < -0.39 is 12.2 Å². The van der Waals surface area contributed by atoms with Crippen LogP contribution < -0.4 is 0 Å². The number of carbonyl (C=O) groups is 2. The first-order chi connectivity index (χ1) is 6.29. The van der Waals surface area contributed by atoms with Gasteiger partial charge in [-0.15, -0.1) is 0 Å². The van der Waals surface area contributed by atoms with Crippen LogP contribution in [0.5, 0.6) is 0 Å². The number of hydrogen-bond acceptors (Lipinski definition) is 2. The van der Waals surface area contributed by atoms with Crippen molar-refractivity contribution < 1.29 is 19.8 Å². The Morgan fingerprint density at radius 2 is 0.929 bits per heavy atom. The molecule has 7 heteroatoms. The average Bonchev–Trinajstić information content (AvgIpc) is 2.08. The molecule has 6 nitrogen and oxygen atoms in total. The van der Waals surface area contributed by atoms with Crippen LogP contribution in [0.4, 0.5) is 9.59 Å². The molecule has 2 N–H and O–H groups in total. The van der Waals surface area contributed by atoms with Crippen LogP contribution in [0.25, 0.3) is 0 Å². The number of rotatable bonds is 0. The second kappa shape index (κ2) is 11.8. The Kier molecular flexibility index (Phi) is 15.6. The van der Waals surface area contributed by atoms with Gasteiger partial charge in [-0.1, -0.05) is 6.55 Å². The highest BCUT2D eigenvalue weighted by atomic mass is 28.1. The first kappa shape index (κ1) is 18.5. The van der Waals surface area contributed by atoms with Gasteiger partial charge in [0.1, 0.15) is 0 Å². The van der Waals surface area contributed by atoms with E-state index in [2.05, 4.69) is 6.55 Å². The Bertz CT molecular complexity index is 144. The fourth-order valence-corrected chi connectivity index (χ4v) is 0. The maximum absolute atomic E-state index is 9.62. The van der Waals surface area contributed by atoms with E-state index in [0.717, 1.165) is 9.80 Å². The van der Waals surface area contributed by atoms with E-state index in [1.807, 2.05) is 0 Å². The highest BCUT2D eigenvalue weighted by Gasteiger charge is 1.92. The third-order valence-electron chi connectivity index (χ3n) is 0.765. The van der Waals surface area contributed by atoms with Gasteiger partial charge < -0.3 is 20.0 Å². The molecule has 0 radical (unpaired) electrons. The fourth-order valence-electron chi connectivity index (χ4n) is 0. The molecular weight excluding hydrogens is 204 g/mol. The zero-order chi connectivity index (χ0) is 12.3. The van der Waals surface area contributed by atoms with Crippen molar-refractivity contribution >= 4 is 22.4 Å². The van der Waals surface area contributed by atoms with Crippen molar-refractivity contribution in [2.75, 3.05) is 28.2 Å². The van der Waals surface area contributed by atoms with E-state index in [9.17, 15) is 9.59 Å². The van der Waals surface area contributed by atoms with Gasteiger partial charge in [0.15, 0.2) is 0 Å². The summed E-state index contributed by atoms with van der Waals surface area (Å²) in [6.07, 6.45) is -1.81. The standard InChI is InChI=1S/2C3H7NO2.CH6Si/c2*1-4(2)3(5)6;1-2/h2*1-2H3,(H,5,6);1-2H3. The molecule has 0 atom stereocenters. The monoisotopic (exact) mass is 224 g/mol. The van der Waals surface area contributed by atoms with Crippen molar-refractivity contribution in [3.05, 3.63) is 0 Å². The predicted molar refractivity (Wildman–Crippen MR) is 59.2 cm³/mol. The first-order valence-corrected chi connectivity index (χ1v) is 6.09. The number of amides is 2. The van der Waals surface area contributed by atoms with Gasteiger partial charge in [0.25, 0.3) is 0 Å². The lowest BCUT2D eigenvalue weighted by atomic mass is 10.9. The molecule has 0 aliphatic rings. The maximum atomic E-state index is 9.62. The summed E-state index contributed by atoms with van der Waals surface area (Å²) in [5.41, 5.74) is 0. The van der Waals surface area contributed by atoms with E-state index >= 15 is 0 Å². The quantitative estimate of drug-likeness (QED) is 0.561. The van der Waals surface area contributed by atoms with Crippen LogP contribution in [0, 0.1) is 0 Å². The van der Waals surface area contributed by atoms with Crippen molar-refractivity contribution in [2.24, 2.45) is 0 Å². The minimum Gasteiger partial charge on any atom is -0.465 e. The summed E-state index contributed by atoms with van der Waals surface area (Å²) in [5.74, 6) is 0. The summed E-state index contributed by atoms with van der Waals surface area (Å²) >= 11 is 0. The van der Waals surface area contributed by atoms with Crippen LogP contribution in [0.1, 0.15) is 0 Å². The second-order valence-electron chi connectivity index (χ2n) is 2.35. The molecule has 0 aromatic heterocycles. The van der Waals surface area contributed by atoms with Crippen LogP contribution in [0.3, 0.4) is 0 Å². The molecule has 0 saturated carbocycles. The van der Waals surface area contributed by atoms with E-state index in [1.54, 1.807) is 0 Å². The molecule has 0 aromatic rings. The Morgan fingerprint density at radius 1 is 0.857 bits per heavy atom. The molecule has 0 aromatic carbocycles. The number of hydrogen-bond donors (Lipinski definition) is 2. The van der Waals surface area contributed by atoms with Gasteiger partial charge in [0.05, 0.1) is 0 Å². The topological polar surface area (TPSA) is 81.1 Å². The zero-order valence-electron chi connectivity index (χ0n) is 9.61. The van der Waals surface area contributed by atoms with E-state index in [4.69, 9.17) is 10.2 Å². The smallest absolute Gasteiger partial charge is 0.406 e. The lowest BCUT2D eigenvalue weighted by Crippen LogP contribution is -2.18. The van der Waals surface area contributed by atoms with Gasteiger partial charge in [-0.3, -0.25) is 0 Å². The van der Waals surface area contributed by atoms with Gasteiger partial charge in [0, 0.05) is 28.2 Å². The van der Waals surface area contributed by atoms with Gasteiger partial charge in [-0.05, 0) is 10.2 Å². The van der Waals surface area contributed by atoms with Crippen LogP contribution in [-0.4, -0.2) is 70.6 Å².